The molecule has 0 aliphatic carbocycles. The molecule has 0 aliphatic rings. The van der Waals surface area contributed by atoms with Gasteiger partial charge in [0.2, 0.25) is 5.91 Å². The van der Waals surface area contributed by atoms with Crippen molar-refractivity contribution >= 4 is 24.0 Å². The molecule has 0 aromatic heterocycles. The zero-order chi connectivity index (χ0) is 18.6. The molecule has 0 aliphatic heterocycles. The van der Waals surface area contributed by atoms with Gasteiger partial charge >= 0.3 is 6.36 Å². The van der Waals surface area contributed by atoms with Crippen LogP contribution in [0.25, 0.3) is 11.1 Å². The van der Waals surface area contributed by atoms with Crippen molar-refractivity contribution < 1.29 is 22.7 Å². The molecule has 4 nitrogen and oxygen atoms in total. The Balaban J connectivity index is 0.00000338. The van der Waals surface area contributed by atoms with Crippen molar-refractivity contribution in [2.45, 2.75) is 19.8 Å². The van der Waals surface area contributed by atoms with Crippen LogP contribution in [0.1, 0.15) is 12.5 Å². The van der Waals surface area contributed by atoms with E-state index in [-0.39, 0.29) is 18.1 Å². The second kappa shape index (κ2) is 8.91. The number of nitrogens with zero attached hydrogens (tertiary/aromatic N) is 1. The number of carbonyl (C=O) groups is 1. The van der Waals surface area contributed by atoms with Gasteiger partial charge in [-0.05, 0) is 42.9 Å². The topological polar surface area (TPSA) is 41.6 Å². The van der Waals surface area contributed by atoms with Crippen LogP contribution in [0.15, 0.2) is 42.5 Å². The summed E-state index contributed by atoms with van der Waals surface area (Å²) >= 11 is 0. The first-order valence-corrected chi connectivity index (χ1v) is 7.56. The van der Waals surface area contributed by atoms with Crippen molar-refractivity contribution in [2.75, 3.05) is 19.4 Å². The zero-order valence-electron chi connectivity index (χ0n) is 14.6. The van der Waals surface area contributed by atoms with E-state index in [9.17, 15) is 18.0 Å². The van der Waals surface area contributed by atoms with Crippen molar-refractivity contribution in [3.63, 3.8) is 0 Å². The fourth-order valence-electron chi connectivity index (χ4n) is 2.47. The van der Waals surface area contributed by atoms with E-state index in [2.05, 4.69) is 10.1 Å². The Morgan fingerprint density at radius 2 is 1.81 bits per heavy atom. The molecule has 0 spiro atoms. The summed E-state index contributed by atoms with van der Waals surface area (Å²) in [4.78, 5) is 13.2. The Hall–Kier alpha value is -2.25. The molecular weight excluding hydrogens is 369 g/mol. The lowest BCUT2D eigenvalue weighted by Gasteiger charge is -2.17. The summed E-state index contributed by atoms with van der Waals surface area (Å²) in [7, 11) is 3.82. The molecule has 0 fully saturated rings. The van der Waals surface area contributed by atoms with E-state index in [1.807, 2.05) is 43.3 Å². The van der Waals surface area contributed by atoms with E-state index in [1.165, 1.54) is 19.1 Å². The number of amides is 1. The summed E-state index contributed by atoms with van der Waals surface area (Å²) in [6, 6.07) is 11.8. The Morgan fingerprint density at radius 1 is 1.15 bits per heavy atom. The van der Waals surface area contributed by atoms with Crippen LogP contribution in [-0.2, 0) is 11.3 Å². The highest BCUT2D eigenvalue weighted by molar-refractivity contribution is 5.91. The van der Waals surface area contributed by atoms with Gasteiger partial charge in [0.25, 0.3) is 0 Å². The van der Waals surface area contributed by atoms with Crippen LogP contribution in [0.3, 0.4) is 0 Å². The van der Waals surface area contributed by atoms with Crippen LogP contribution >= 0.6 is 12.4 Å². The van der Waals surface area contributed by atoms with Gasteiger partial charge in [0.15, 0.2) is 5.75 Å². The van der Waals surface area contributed by atoms with Crippen molar-refractivity contribution in [1.29, 1.82) is 0 Å². The molecule has 0 heterocycles. The van der Waals surface area contributed by atoms with Gasteiger partial charge in [-0.2, -0.15) is 0 Å². The van der Waals surface area contributed by atoms with Crippen molar-refractivity contribution in [3.8, 4) is 16.9 Å². The molecule has 8 heteroatoms. The molecule has 142 valence electrons. The number of halogens is 4. The standard InChI is InChI=1S/C18H19F3N2O2.ClH/c1-12(24)22-16-9-8-13(10-17(16)25-18(19,20)21)15-7-5-4-6-14(15)11-23(2)3;/h4-10H,11H2,1-3H3,(H,22,24);1H. The van der Waals surface area contributed by atoms with Gasteiger partial charge in [0.1, 0.15) is 0 Å². The molecule has 0 unspecified atom stereocenters. The summed E-state index contributed by atoms with van der Waals surface area (Å²) in [5.41, 5.74) is 2.32. The third-order valence-electron chi connectivity index (χ3n) is 3.33. The highest BCUT2D eigenvalue weighted by Gasteiger charge is 2.32. The van der Waals surface area contributed by atoms with Crippen LogP contribution < -0.4 is 10.1 Å². The summed E-state index contributed by atoms with van der Waals surface area (Å²) < 4.78 is 42.2. The van der Waals surface area contributed by atoms with Gasteiger partial charge in [-0.25, -0.2) is 0 Å². The van der Waals surface area contributed by atoms with E-state index >= 15 is 0 Å². The first-order valence-electron chi connectivity index (χ1n) is 7.56. The number of benzene rings is 2. The normalized spacial score (nSPS) is 11.0. The van der Waals surface area contributed by atoms with Gasteiger partial charge in [-0.1, -0.05) is 30.3 Å². The first kappa shape index (κ1) is 21.8. The number of hydrogen-bond acceptors (Lipinski definition) is 3. The Kier molecular flexibility index (Phi) is 7.47. The number of alkyl halides is 3. The highest BCUT2D eigenvalue weighted by Crippen LogP contribution is 2.35. The predicted octanol–water partition coefficient (Wildman–Crippen LogP) is 4.69. The number of ether oxygens (including phenoxy) is 1. The molecule has 2 aromatic rings. The summed E-state index contributed by atoms with van der Waals surface area (Å²) in [5, 5.41) is 2.35. The van der Waals surface area contributed by atoms with Crippen LogP contribution in [-0.4, -0.2) is 31.3 Å². The van der Waals surface area contributed by atoms with Crippen LogP contribution in [0.4, 0.5) is 18.9 Å². The average Bonchev–Trinajstić information content (AvgIpc) is 2.47. The lowest BCUT2D eigenvalue weighted by Crippen LogP contribution is -2.19. The van der Waals surface area contributed by atoms with E-state index in [0.29, 0.717) is 12.1 Å². The number of nitrogens with one attached hydrogen (secondary N) is 1. The molecule has 0 saturated carbocycles. The molecule has 0 bridgehead atoms. The zero-order valence-corrected chi connectivity index (χ0v) is 15.4. The predicted molar refractivity (Wildman–Crippen MR) is 97.5 cm³/mol. The minimum Gasteiger partial charge on any atom is -0.404 e. The maximum absolute atomic E-state index is 12.7. The average molecular weight is 389 g/mol. The summed E-state index contributed by atoms with van der Waals surface area (Å²) in [5.74, 6) is -0.923. The third kappa shape index (κ3) is 6.24. The Labute approximate surface area is 156 Å². The second-order valence-electron chi connectivity index (χ2n) is 5.83. The first-order chi connectivity index (χ1) is 11.7. The molecule has 0 atom stereocenters. The lowest BCUT2D eigenvalue weighted by molar-refractivity contribution is -0.274. The smallest absolute Gasteiger partial charge is 0.404 e. The highest BCUT2D eigenvalue weighted by atomic mass is 35.5. The quantitative estimate of drug-likeness (QED) is 0.807. The van der Waals surface area contributed by atoms with Gasteiger partial charge in [0.05, 0.1) is 5.69 Å². The molecule has 2 aromatic carbocycles. The van der Waals surface area contributed by atoms with Crippen LogP contribution in [0, 0.1) is 0 Å². The summed E-state index contributed by atoms with van der Waals surface area (Å²) in [6.07, 6.45) is -4.85. The maximum atomic E-state index is 12.7. The van der Waals surface area contributed by atoms with Crippen LogP contribution in [0.5, 0.6) is 5.75 Å². The summed E-state index contributed by atoms with van der Waals surface area (Å²) in [6.45, 7) is 1.86. The number of carbonyl (C=O) groups excluding carboxylic acids is 1. The minimum absolute atomic E-state index is 0. The number of anilines is 1. The van der Waals surface area contributed by atoms with Gasteiger partial charge in [-0.3, -0.25) is 4.79 Å². The van der Waals surface area contributed by atoms with Crippen molar-refractivity contribution in [1.82, 2.24) is 4.90 Å². The van der Waals surface area contributed by atoms with Crippen molar-refractivity contribution in [2.24, 2.45) is 0 Å². The molecule has 26 heavy (non-hydrogen) atoms. The van der Waals surface area contributed by atoms with Gasteiger partial charge in [0, 0.05) is 13.5 Å². The Bertz CT molecular complexity index is 764. The number of hydrogen-bond donors (Lipinski definition) is 1. The maximum Gasteiger partial charge on any atom is 0.573 e. The SMILES string of the molecule is CC(=O)Nc1ccc(-c2ccccc2CN(C)C)cc1OC(F)(F)F.Cl. The van der Waals surface area contributed by atoms with Crippen molar-refractivity contribution in [3.05, 3.63) is 48.0 Å². The molecule has 2 rings (SSSR count). The minimum atomic E-state index is -4.85. The molecule has 0 saturated heterocycles. The largest absolute Gasteiger partial charge is 0.573 e. The van der Waals surface area contributed by atoms with Gasteiger partial charge < -0.3 is 15.0 Å². The molecule has 1 amide bonds. The van der Waals surface area contributed by atoms with E-state index in [4.69, 9.17) is 0 Å². The number of rotatable bonds is 5. The van der Waals surface area contributed by atoms with Crippen LogP contribution in [0.2, 0.25) is 0 Å². The second-order valence-corrected chi connectivity index (χ2v) is 5.83. The fourth-order valence-corrected chi connectivity index (χ4v) is 2.47. The Morgan fingerprint density at radius 3 is 2.38 bits per heavy atom. The van der Waals surface area contributed by atoms with E-state index in [1.54, 1.807) is 6.07 Å². The molecule has 1 N–H and O–H groups in total. The monoisotopic (exact) mass is 388 g/mol. The third-order valence-corrected chi connectivity index (χ3v) is 3.33. The lowest BCUT2D eigenvalue weighted by atomic mass is 9.98. The van der Waals surface area contributed by atoms with E-state index in [0.717, 1.165) is 11.1 Å². The molecular formula is C18H20ClF3N2O2. The van der Waals surface area contributed by atoms with E-state index < -0.39 is 18.0 Å². The van der Waals surface area contributed by atoms with Gasteiger partial charge in [-0.15, -0.1) is 25.6 Å². The molecule has 0 radical (unpaired) electrons. The fraction of sp³-hybridized carbons (Fsp3) is 0.278.